The molecule has 0 fully saturated rings. The first kappa shape index (κ1) is 14.6. The van der Waals surface area contributed by atoms with Gasteiger partial charge < -0.3 is 0 Å². The van der Waals surface area contributed by atoms with Crippen LogP contribution in [0.2, 0.25) is 0 Å². The average Bonchev–Trinajstić information content (AvgIpc) is 2.40. The number of halogens is 2. The SMILES string of the molecule is Cl[PH](Cl)(N=POc1ccccc1)Oc1ccccc1. The van der Waals surface area contributed by atoms with E-state index in [9.17, 15) is 0 Å². The van der Waals surface area contributed by atoms with E-state index in [4.69, 9.17) is 31.5 Å². The summed E-state index contributed by atoms with van der Waals surface area (Å²) in [6.45, 7) is 0. The summed E-state index contributed by atoms with van der Waals surface area (Å²) in [5, 5.41) is 0. The first-order valence-electron chi connectivity index (χ1n) is 5.42. The van der Waals surface area contributed by atoms with Crippen LogP contribution in [0.5, 0.6) is 11.5 Å². The third-order valence-electron chi connectivity index (χ3n) is 2.03. The normalized spacial score (nSPS) is 12.3. The number of para-hydroxylation sites is 2. The van der Waals surface area contributed by atoms with Crippen molar-refractivity contribution in [2.24, 2.45) is 4.52 Å². The minimum atomic E-state index is -3.17. The van der Waals surface area contributed by atoms with Crippen molar-refractivity contribution in [2.75, 3.05) is 0 Å². The van der Waals surface area contributed by atoms with Crippen LogP contribution in [-0.4, -0.2) is 0 Å². The van der Waals surface area contributed by atoms with E-state index in [-0.39, 0.29) is 0 Å². The Balaban J connectivity index is 1.93. The van der Waals surface area contributed by atoms with Crippen LogP contribution in [0.3, 0.4) is 0 Å². The fraction of sp³-hybridized carbons (Fsp3) is 0. The summed E-state index contributed by atoms with van der Waals surface area (Å²) in [5.74, 6) is 1.29. The predicted octanol–water partition coefficient (Wildman–Crippen LogP) is 6.08. The van der Waals surface area contributed by atoms with E-state index in [2.05, 4.69) is 4.52 Å². The van der Waals surface area contributed by atoms with E-state index < -0.39 is 6.35 Å². The van der Waals surface area contributed by atoms with Crippen molar-refractivity contribution in [2.45, 2.75) is 0 Å². The third-order valence-corrected chi connectivity index (χ3v) is 5.89. The molecule has 2 rings (SSSR count). The topological polar surface area (TPSA) is 30.8 Å². The molecule has 2 aromatic carbocycles. The molecule has 0 amide bonds. The van der Waals surface area contributed by atoms with Gasteiger partial charge in [0.1, 0.15) is 0 Å². The van der Waals surface area contributed by atoms with Crippen LogP contribution in [0.15, 0.2) is 65.2 Å². The second-order valence-corrected chi connectivity index (χ2v) is 9.46. The van der Waals surface area contributed by atoms with Gasteiger partial charge in [0, 0.05) is 0 Å². The Hall–Kier alpha value is -0.850. The molecule has 0 unspecified atom stereocenters. The zero-order valence-electron chi connectivity index (χ0n) is 9.74. The van der Waals surface area contributed by atoms with Gasteiger partial charge in [-0.3, -0.25) is 0 Å². The summed E-state index contributed by atoms with van der Waals surface area (Å²) in [5.41, 5.74) is 0. The molecule has 7 heteroatoms. The molecule has 0 saturated heterocycles. The van der Waals surface area contributed by atoms with Gasteiger partial charge in [-0.2, -0.15) is 0 Å². The van der Waals surface area contributed by atoms with Crippen LogP contribution in [-0.2, 0) is 0 Å². The van der Waals surface area contributed by atoms with Crippen molar-refractivity contribution < 1.29 is 9.05 Å². The van der Waals surface area contributed by atoms with Gasteiger partial charge in [0.15, 0.2) is 0 Å². The van der Waals surface area contributed by atoms with Crippen molar-refractivity contribution >= 4 is 37.4 Å². The van der Waals surface area contributed by atoms with Crippen molar-refractivity contribution in [1.82, 2.24) is 0 Å². The maximum absolute atomic E-state index is 6.07. The minimum absolute atomic E-state index is 0.320. The van der Waals surface area contributed by atoms with E-state index in [0.717, 1.165) is 0 Å². The van der Waals surface area contributed by atoms with Gasteiger partial charge in [0.2, 0.25) is 0 Å². The van der Waals surface area contributed by atoms with E-state index in [1.165, 1.54) is 0 Å². The Morgan fingerprint density at radius 1 is 0.842 bits per heavy atom. The zero-order valence-corrected chi connectivity index (χ0v) is 13.1. The number of hydrogen-bond acceptors (Lipinski definition) is 3. The van der Waals surface area contributed by atoms with Gasteiger partial charge in [-0.15, -0.1) is 0 Å². The fourth-order valence-electron chi connectivity index (χ4n) is 1.25. The molecular formula is C12H11Cl2NO2P2. The molecule has 19 heavy (non-hydrogen) atoms. The van der Waals surface area contributed by atoms with E-state index >= 15 is 0 Å². The molecule has 0 aliphatic heterocycles. The summed E-state index contributed by atoms with van der Waals surface area (Å²) < 4.78 is 14.9. The van der Waals surface area contributed by atoms with Gasteiger partial charge >= 0.3 is 123 Å². The van der Waals surface area contributed by atoms with Gasteiger partial charge in [-0.05, 0) is 0 Å². The summed E-state index contributed by atoms with van der Waals surface area (Å²) in [4.78, 5) is 0. The molecule has 0 bridgehead atoms. The molecular weight excluding hydrogens is 323 g/mol. The summed E-state index contributed by atoms with van der Waals surface area (Å²) in [6, 6.07) is 18.4. The molecule has 0 aliphatic carbocycles. The van der Waals surface area contributed by atoms with Crippen LogP contribution >= 0.6 is 37.4 Å². The molecule has 0 aliphatic rings. The average molecular weight is 334 g/mol. The van der Waals surface area contributed by atoms with Crippen LogP contribution < -0.4 is 9.05 Å². The predicted molar refractivity (Wildman–Crippen MR) is 83.5 cm³/mol. The monoisotopic (exact) mass is 333 g/mol. The Bertz CT molecular complexity index is 538. The molecule has 2 aromatic rings. The Kier molecular flexibility index (Phi) is 5.42. The molecule has 0 spiro atoms. The molecule has 0 saturated carbocycles. The summed E-state index contributed by atoms with van der Waals surface area (Å²) >= 11 is 12.1. The van der Waals surface area contributed by atoms with Crippen LogP contribution in [0, 0.1) is 0 Å². The molecule has 0 radical (unpaired) electrons. The maximum atomic E-state index is 6.07. The molecule has 0 atom stereocenters. The third kappa shape index (κ3) is 5.34. The van der Waals surface area contributed by atoms with Crippen LogP contribution in [0.4, 0.5) is 0 Å². The Morgan fingerprint density at radius 3 is 1.95 bits per heavy atom. The van der Waals surface area contributed by atoms with Crippen molar-refractivity contribution in [1.29, 1.82) is 0 Å². The van der Waals surface area contributed by atoms with Crippen molar-refractivity contribution in [3.8, 4) is 11.5 Å². The zero-order chi connectivity index (χ0) is 13.6. The van der Waals surface area contributed by atoms with Gasteiger partial charge in [-0.1, -0.05) is 0 Å². The van der Waals surface area contributed by atoms with Crippen molar-refractivity contribution in [3.63, 3.8) is 0 Å². The van der Waals surface area contributed by atoms with Gasteiger partial charge in [0.25, 0.3) is 0 Å². The molecule has 0 heterocycles. The standard InChI is InChI=1S/C12H11Cl2NO2P2/c13-19(14,17-12-9-5-2-6-10-12)15-18-16-11-7-3-1-4-8-11/h1-10,19H. The molecule has 0 N–H and O–H groups in total. The molecule has 3 nitrogen and oxygen atoms in total. The quantitative estimate of drug-likeness (QED) is 0.621. The second-order valence-electron chi connectivity index (χ2n) is 3.49. The van der Waals surface area contributed by atoms with Crippen molar-refractivity contribution in [3.05, 3.63) is 60.7 Å². The van der Waals surface area contributed by atoms with E-state index in [1.807, 2.05) is 48.5 Å². The van der Waals surface area contributed by atoms with Crippen LogP contribution in [0.1, 0.15) is 0 Å². The van der Waals surface area contributed by atoms with Crippen LogP contribution in [0.25, 0.3) is 0 Å². The molecule has 0 aromatic heterocycles. The number of rotatable bonds is 5. The van der Waals surface area contributed by atoms with E-state index in [0.29, 0.717) is 20.1 Å². The van der Waals surface area contributed by atoms with Gasteiger partial charge in [-0.25, -0.2) is 0 Å². The first-order chi connectivity index (χ1) is 9.16. The van der Waals surface area contributed by atoms with Gasteiger partial charge in [0.05, 0.1) is 0 Å². The summed E-state index contributed by atoms with van der Waals surface area (Å²) in [7, 11) is 0.320. The fourth-order valence-corrected chi connectivity index (χ4v) is 3.68. The Labute approximate surface area is 123 Å². The number of hydrogen-bond donors (Lipinski definition) is 0. The number of benzene rings is 2. The Morgan fingerprint density at radius 2 is 1.37 bits per heavy atom. The molecule has 100 valence electrons. The second kappa shape index (κ2) is 7.07. The number of nitrogens with zero attached hydrogens (tertiary/aromatic N) is 1. The van der Waals surface area contributed by atoms with E-state index in [1.54, 1.807) is 12.1 Å². The summed E-state index contributed by atoms with van der Waals surface area (Å²) in [6.07, 6.45) is -3.17. The first-order valence-corrected chi connectivity index (χ1v) is 10.1.